The summed E-state index contributed by atoms with van der Waals surface area (Å²) in [4.78, 5) is 3.81. The van der Waals surface area contributed by atoms with Gasteiger partial charge in [0.25, 0.3) is 0 Å². The molecule has 0 aliphatic rings. The molecule has 0 spiro atoms. The van der Waals surface area contributed by atoms with Gasteiger partial charge in [0.15, 0.2) is 15.7 Å². The molecular formula is C6H9ClN2O3S. The molecule has 0 N–H and O–H groups in total. The van der Waals surface area contributed by atoms with Gasteiger partial charge in [-0.3, -0.25) is 0 Å². The highest BCUT2D eigenvalue weighted by molar-refractivity contribution is 7.90. The van der Waals surface area contributed by atoms with Gasteiger partial charge in [0.1, 0.15) is 11.1 Å². The first-order valence-corrected chi connectivity index (χ1v) is 6.01. The van der Waals surface area contributed by atoms with Crippen LogP contribution in [0.3, 0.4) is 0 Å². The minimum absolute atomic E-state index is 0.0868. The van der Waals surface area contributed by atoms with Crippen molar-refractivity contribution in [3.63, 3.8) is 0 Å². The van der Waals surface area contributed by atoms with Gasteiger partial charge in [-0.1, -0.05) is 5.16 Å². The van der Waals surface area contributed by atoms with Crippen LogP contribution in [0.2, 0.25) is 0 Å². The molecule has 1 heterocycles. The van der Waals surface area contributed by atoms with Gasteiger partial charge in [0.2, 0.25) is 5.89 Å². The lowest BCUT2D eigenvalue weighted by atomic mass is 10.4. The summed E-state index contributed by atoms with van der Waals surface area (Å²) >= 11 is 5.41. The predicted octanol–water partition coefficient (Wildman–Crippen LogP) is 0.914. The summed E-state index contributed by atoms with van der Waals surface area (Å²) in [6, 6.07) is 0. The van der Waals surface area contributed by atoms with Crippen LogP contribution >= 0.6 is 11.6 Å². The van der Waals surface area contributed by atoms with Gasteiger partial charge in [-0.2, -0.15) is 4.98 Å². The summed E-state index contributed by atoms with van der Waals surface area (Å²) in [6.45, 7) is 1.50. The quantitative estimate of drug-likeness (QED) is 0.714. The highest BCUT2D eigenvalue weighted by atomic mass is 35.5. The Kier molecular flexibility index (Phi) is 2.92. The summed E-state index contributed by atoms with van der Waals surface area (Å²) in [6.07, 6.45) is 1.12. The van der Waals surface area contributed by atoms with E-state index in [1.54, 1.807) is 0 Å². The van der Waals surface area contributed by atoms with Crippen LogP contribution < -0.4 is 0 Å². The topological polar surface area (TPSA) is 73.1 Å². The maximum Gasteiger partial charge on any atom is 0.241 e. The van der Waals surface area contributed by atoms with E-state index >= 15 is 0 Å². The minimum atomic E-state index is -3.18. The van der Waals surface area contributed by atoms with Crippen molar-refractivity contribution in [3.8, 4) is 0 Å². The lowest BCUT2D eigenvalue weighted by Gasteiger charge is -2.01. The van der Waals surface area contributed by atoms with E-state index in [2.05, 4.69) is 14.7 Å². The summed E-state index contributed by atoms with van der Waals surface area (Å²) in [5.74, 6) is 0.467. The van der Waals surface area contributed by atoms with Crippen LogP contribution in [0.1, 0.15) is 23.9 Å². The second-order valence-electron chi connectivity index (χ2n) is 2.65. The fraction of sp³-hybridized carbons (Fsp3) is 0.667. The third-order valence-electron chi connectivity index (χ3n) is 1.60. The van der Waals surface area contributed by atoms with Crippen molar-refractivity contribution in [2.75, 3.05) is 6.26 Å². The van der Waals surface area contributed by atoms with Crippen LogP contribution in [0.4, 0.5) is 0 Å². The van der Waals surface area contributed by atoms with Crippen molar-refractivity contribution >= 4 is 21.4 Å². The van der Waals surface area contributed by atoms with Crippen molar-refractivity contribution < 1.29 is 12.9 Å². The molecule has 0 saturated heterocycles. The van der Waals surface area contributed by atoms with Gasteiger partial charge < -0.3 is 4.52 Å². The van der Waals surface area contributed by atoms with E-state index in [4.69, 9.17) is 11.6 Å². The van der Waals surface area contributed by atoms with Crippen molar-refractivity contribution in [2.45, 2.75) is 18.1 Å². The van der Waals surface area contributed by atoms with E-state index in [-0.39, 0.29) is 17.6 Å². The molecule has 0 fully saturated rings. The van der Waals surface area contributed by atoms with E-state index < -0.39 is 15.1 Å². The second-order valence-corrected chi connectivity index (χ2v) is 5.29. The van der Waals surface area contributed by atoms with Crippen LogP contribution in [0.15, 0.2) is 4.52 Å². The molecule has 74 valence electrons. The molecule has 0 aromatic carbocycles. The monoisotopic (exact) mass is 224 g/mol. The summed E-state index contributed by atoms with van der Waals surface area (Å²) in [7, 11) is -3.18. The number of aromatic nitrogens is 2. The summed E-state index contributed by atoms with van der Waals surface area (Å²) in [5.41, 5.74) is 0. The average Bonchev–Trinajstić information content (AvgIpc) is 2.48. The second kappa shape index (κ2) is 3.63. The predicted molar refractivity (Wildman–Crippen MR) is 47.1 cm³/mol. The Labute approximate surface area is 81.0 Å². The molecule has 1 atom stereocenters. The van der Waals surface area contributed by atoms with Crippen molar-refractivity contribution in [1.29, 1.82) is 0 Å². The lowest BCUT2D eigenvalue weighted by molar-refractivity contribution is 0.384. The number of sulfone groups is 1. The third-order valence-corrected chi connectivity index (χ3v) is 3.33. The molecule has 0 saturated carbocycles. The molecule has 1 unspecified atom stereocenters. The van der Waals surface area contributed by atoms with E-state index in [0.717, 1.165) is 6.26 Å². The Bertz CT molecular complexity index is 386. The van der Waals surface area contributed by atoms with Crippen LogP contribution in [-0.2, 0) is 15.7 Å². The van der Waals surface area contributed by atoms with Gasteiger partial charge in [-0.25, -0.2) is 8.42 Å². The van der Waals surface area contributed by atoms with Gasteiger partial charge in [-0.05, 0) is 6.92 Å². The SMILES string of the molecule is CC(c1noc(CCl)n1)S(C)(=O)=O. The number of hydrogen-bond donors (Lipinski definition) is 0. The first kappa shape index (κ1) is 10.5. The summed E-state index contributed by atoms with van der Waals surface area (Å²) in [5, 5.41) is 2.75. The van der Waals surface area contributed by atoms with E-state index in [0.29, 0.717) is 0 Å². The lowest BCUT2D eigenvalue weighted by Crippen LogP contribution is -2.09. The highest BCUT2D eigenvalue weighted by Crippen LogP contribution is 2.17. The molecule has 13 heavy (non-hydrogen) atoms. The molecule has 7 heteroatoms. The number of alkyl halides is 1. The Morgan fingerprint density at radius 3 is 2.62 bits per heavy atom. The summed E-state index contributed by atoms with van der Waals surface area (Å²) < 4.78 is 26.8. The van der Waals surface area contributed by atoms with Crippen LogP contribution in [-0.4, -0.2) is 24.8 Å². The number of hydrogen-bond acceptors (Lipinski definition) is 5. The molecule has 0 radical (unpaired) electrons. The third kappa shape index (κ3) is 2.41. The van der Waals surface area contributed by atoms with Gasteiger partial charge in [0.05, 0.1) is 0 Å². The number of rotatable bonds is 3. The van der Waals surface area contributed by atoms with E-state index in [1.165, 1.54) is 6.92 Å². The van der Waals surface area contributed by atoms with Crippen LogP contribution in [0, 0.1) is 0 Å². The molecule has 5 nitrogen and oxygen atoms in total. The molecule has 1 aromatic heterocycles. The van der Waals surface area contributed by atoms with Crippen molar-refractivity contribution in [3.05, 3.63) is 11.7 Å². The normalized spacial score (nSPS) is 14.4. The first-order chi connectivity index (χ1) is 5.95. The Balaban J connectivity index is 2.96. The van der Waals surface area contributed by atoms with Crippen LogP contribution in [0.5, 0.6) is 0 Å². The van der Waals surface area contributed by atoms with E-state index in [9.17, 15) is 8.42 Å². The Hall–Kier alpha value is -0.620. The molecule has 0 aliphatic carbocycles. The largest absolute Gasteiger partial charge is 0.338 e. The standard InChI is InChI=1S/C6H9ClN2O3S/c1-4(13(2,10)11)6-8-5(3-7)12-9-6/h4H,3H2,1-2H3. The zero-order chi connectivity index (χ0) is 10.1. The smallest absolute Gasteiger partial charge is 0.241 e. The first-order valence-electron chi connectivity index (χ1n) is 3.52. The molecular weight excluding hydrogens is 216 g/mol. The minimum Gasteiger partial charge on any atom is -0.338 e. The molecule has 0 bridgehead atoms. The maximum atomic E-state index is 11.1. The van der Waals surface area contributed by atoms with Gasteiger partial charge in [-0.15, -0.1) is 11.6 Å². The average molecular weight is 225 g/mol. The van der Waals surface area contributed by atoms with E-state index in [1.807, 2.05) is 0 Å². The molecule has 1 rings (SSSR count). The zero-order valence-corrected chi connectivity index (χ0v) is 8.76. The van der Waals surface area contributed by atoms with Gasteiger partial charge >= 0.3 is 0 Å². The fourth-order valence-electron chi connectivity index (χ4n) is 0.679. The Morgan fingerprint density at radius 1 is 1.62 bits per heavy atom. The van der Waals surface area contributed by atoms with Gasteiger partial charge in [0, 0.05) is 6.26 Å². The Morgan fingerprint density at radius 2 is 2.23 bits per heavy atom. The van der Waals surface area contributed by atoms with Crippen molar-refractivity contribution in [1.82, 2.24) is 10.1 Å². The highest BCUT2D eigenvalue weighted by Gasteiger charge is 2.22. The molecule has 0 amide bonds. The number of nitrogens with zero attached hydrogens (tertiary/aromatic N) is 2. The van der Waals surface area contributed by atoms with Crippen molar-refractivity contribution in [2.24, 2.45) is 0 Å². The maximum absolute atomic E-state index is 11.1. The van der Waals surface area contributed by atoms with Crippen LogP contribution in [0.25, 0.3) is 0 Å². The number of halogens is 1. The fourth-order valence-corrected chi connectivity index (χ4v) is 1.27. The zero-order valence-electron chi connectivity index (χ0n) is 7.19. The molecule has 0 aliphatic heterocycles. The molecule has 1 aromatic rings.